The van der Waals surface area contributed by atoms with Crippen LogP contribution in [-0.4, -0.2) is 37.2 Å². The van der Waals surface area contributed by atoms with Gasteiger partial charge in [0.15, 0.2) is 5.96 Å². The highest BCUT2D eigenvalue weighted by atomic mass is 35.5. The van der Waals surface area contributed by atoms with E-state index in [0.717, 1.165) is 55.9 Å². The van der Waals surface area contributed by atoms with Gasteiger partial charge in [0.05, 0.1) is 6.20 Å². The average Bonchev–Trinajstić information content (AvgIpc) is 3.21. The molecule has 1 aromatic heterocycles. The van der Waals surface area contributed by atoms with Crippen molar-refractivity contribution in [2.24, 2.45) is 4.99 Å². The molecule has 0 bridgehead atoms. The van der Waals surface area contributed by atoms with Crippen molar-refractivity contribution in [1.82, 2.24) is 15.6 Å². The Morgan fingerprint density at radius 2 is 1.93 bits per heavy atom. The SMILES string of the molecule is CCNC(=NCc1ncc(C(C)(C)C)o1)NCC1(c2ccccc2Cl)CCOCC1. The Kier molecular flexibility index (Phi) is 7.42. The molecule has 2 N–H and O–H groups in total. The number of nitrogens with zero attached hydrogens (tertiary/aromatic N) is 2. The first kappa shape index (κ1) is 22.6. The third kappa shape index (κ3) is 5.55. The molecule has 1 aromatic carbocycles. The molecule has 0 saturated carbocycles. The van der Waals surface area contributed by atoms with E-state index in [2.05, 4.69) is 54.4 Å². The normalized spacial score (nSPS) is 17.0. The van der Waals surface area contributed by atoms with Crippen LogP contribution in [0.15, 0.2) is 39.9 Å². The molecule has 2 heterocycles. The Hall–Kier alpha value is -2.05. The molecule has 2 aromatic rings. The summed E-state index contributed by atoms with van der Waals surface area (Å²) in [6.45, 7) is 11.7. The lowest BCUT2D eigenvalue weighted by atomic mass is 9.74. The summed E-state index contributed by atoms with van der Waals surface area (Å²) in [6, 6.07) is 8.11. The molecule has 3 rings (SSSR count). The molecule has 0 unspecified atom stereocenters. The maximum atomic E-state index is 6.57. The third-order valence-corrected chi connectivity index (χ3v) is 5.83. The molecular weight excluding hydrogens is 400 g/mol. The zero-order valence-corrected chi connectivity index (χ0v) is 19.2. The maximum Gasteiger partial charge on any atom is 0.216 e. The smallest absolute Gasteiger partial charge is 0.216 e. The van der Waals surface area contributed by atoms with Gasteiger partial charge in [-0.1, -0.05) is 50.6 Å². The first-order valence-corrected chi connectivity index (χ1v) is 11.0. The van der Waals surface area contributed by atoms with Gasteiger partial charge in [0, 0.05) is 42.2 Å². The molecule has 0 spiro atoms. The lowest BCUT2D eigenvalue weighted by molar-refractivity contribution is 0.0514. The predicted molar refractivity (Wildman–Crippen MR) is 121 cm³/mol. The summed E-state index contributed by atoms with van der Waals surface area (Å²) in [5.41, 5.74) is 1.01. The van der Waals surface area contributed by atoms with Crippen LogP contribution >= 0.6 is 11.6 Å². The van der Waals surface area contributed by atoms with Crippen LogP contribution in [0.25, 0.3) is 0 Å². The molecule has 0 atom stereocenters. The summed E-state index contributed by atoms with van der Waals surface area (Å²) in [5, 5.41) is 7.64. The van der Waals surface area contributed by atoms with E-state index in [0.29, 0.717) is 12.4 Å². The van der Waals surface area contributed by atoms with Crippen LogP contribution in [0, 0.1) is 0 Å². The third-order valence-electron chi connectivity index (χ3n) is 5.50. The van der Waals surface area contributed by atoms with E-state index in [9.17, 15) is 0 Å². The molecule has 1 fully saturated rings. The average molecular weight is 433 g/mol. The Labute approximate surface area is 184 Å². The van der Waals surface area contributed by atoms with Gasteiger partial charge in [-0.25, -0.2) is 9.98 Å². The van der Waals surface area contributed by atoms with E-state index in [-0.39, 0.29) is 10.8 Å². The van der Waals surface area contributed by atoms with Gasteiger partial charge in [0.25, 0.3) is 0 Å². The molecule has 0 aliphatic carbocycles. The number of aliphatic imine (C=N–C) groups is 1. The first-order chi connectivity index (χ1) is 14.3. The zero-order valence-electron chi connectivity index (χ0n) is 18.4. The number of aromatic nitrogens is 1. The van der Waals surface area contributed by atoms with E-state index < -0.39 is 0 Å². The number of nitrogens with one attached hydrogen (secondary N) is 2. The van der Waals surface area contributed by atoms with E-state index in [4.69, 9.17) is 20.8 Å². The van der Waals surface area contributed by atoms with Crippen LogP contribution < -0.4 is 10.6 Å². The van der Waals surface area contributed by atoms with Gasteiger partial charge in [-0.2, -0.15) is 0 Å². The van der Waals surface area contributed by atoms with Crippen molar-refractivity contribution in [2.45, 2.75) is 57.9 Å². The molecule has 164 valence electrons. The highest BCUT2D eigenvalue weighted by Gasteiger charge is 2.36. The van der Waals surface area contributed by atoms with Crippen LogP contribution in [0.4, 0.5) is 0 Å². The number of hydrogen-bond donors (Lipinski definition) is 2. The molecule has 6 nitrogen and oxygen atoms in total. The largest absolute Gasteiger partial charge is 0.443 e. The van der Waals surface area contributed by atoms with Gasteiger partial charge >= 0.3 is 0 Å². The van der Waals surface area contributed by atoms with Gasteiger partial charge in [-0.3, -0.25) is 0 Å². The second kappa shape index (κ2) is 9.84. The molecule has 1 aliphatic heterocycles. The number of guanidine groups is 1. The minimum atomic E-state index is -0.0882. The Balaban J connectivity index is 1.74. The van der Waals surface area contributed by atoms with Crippen molar-refractivity contribution in [2.75, 3.05) is 26.3 Å². The highest BCUT2D eigenvalue weighted by molar-refractivity contribution is 6.31. The van der Waals surface area contributed by atoms with Crippen LogP contribution in [0.3, 0.4) is 0 Å². The topological polar surface area (TPSA) is 71.7 Å². The highest BCUT2D eigenvalue weighted by Crippen LogP contribution is 2.38. The van der Waals surface area contributed by atoms with E-state index in [1.54, 1.807) is 6.20 Å². The predicted octanol–water partition coefficient (Wildman–Crippen LogP) is 4.43. The molecule has 7 heteroatoms. The minimum absolute atomic E-state index is 0.0674. The van der Waals surface area contributed by atoms with Crippen LogP contribution in [0.5, 0.6) is 0 Å². The fourth-order valence-corrected chi connectivity index (χ4v) is 4.00. The fourth-order valence-electron chi connectivity index (χ4n) is 3.67. The van der Waals surface area contributed by atoms with Crippen molar-refractivity contribution in [1.29, 1.82) is 0 Å². The summed E-state index contributed by atoms with van der Waals surface area (Å²) in [6.07, 6.45) is 3.62. The number of hydrogen-bond acceptors (Lipinski definition) is 4. The first-order valence-electron chi connectivity index (χ1n) is 10.6. The molecule has 30 heavy (non-hydrogen) atoms. The molecule has 0 amide bonds. The van der Waals surface area contributed by atoms with Gasteiger partial charge < -0.3 is 19.8 Å². The van der Waals surface area contributed by atoms with Crippen molar-refractivity contribution < 1.29 is 9.15 Å². The quantitative estimate of drug-likeness (QED) is 0.522. The second-order valence-electron chi connectivity index (χ2n) is 8.79. The molecule has 0 radical (unpaired) electrons. The van der Waals surface area contributed by atoms with Crippen molar-refractivity contribution >= 4 is 17.6 Å². The van der Waals surface area contributed by atoms with Crippen LogP contribution in [0.2, 0.25) is 5.02 Å². The Bertz CT molecular complexity index is 851. The van der Waals surface area contributed by atoms with E-state index >= 15 is 0 Å². The van der Waals surface area contributed by atoms with Crippen LogP contribution in [-0.2, 0) is 22.1 Å². The zero-order chi connectivity index (χ0) is 21.6. The van der Waals surface area contributed by atoms with Gasteiger partial charge in [0.1, 0.15) is 12.3 Å². The fraction of sp³-hybridized carbons (Fsp3) is 0.565. The summed E-state index contributed by atoms with van der Waals surface area (Å²) >= 11 is 6.57. The number of ether oxygens (including phenoxy) is 1. The van der Waals surface area contributed by atoms with Gasteiger partial charge in [-0.05, 0) is 31.4 Å². The van der Waals surface area contributed by atoms with Gasteiger partial charge in [0.2, 0.25) is 5.89 Å². The minimum Gasteiger partial charge on any atom is -0.443 e. The maximum absolute atomic E-state index is 6.57. The van der Waals surface area contributed by atoms with E-state index in [1.807, 2.05) is 18.2 Å². The Morgan fingerprint density at radius 1 is 1.20 bits per heavy atom. The standard InChI is InChI=1S/C23H33ClN4O2/c1-5-25-21(27-15-20-26-14-19(30-20)22(2,3)4)28-16-23(10-12-29-13-11-23)17-8-6-7-9-18(17)24/h6-9,14H,5,10-13,15-16H2,1-4H3,(H2,25,27,28). The monoisotopic (exact) mass is 432 g/mol. The van der Waals surface area contributed by atoms with Crippen LogP contribution in [0.1, 0.15) is 57.8 Å². The molecule has 1 aliphatic rings. The number of rotatable bonds is 6. The second-order valence-corrected chi connectivity index (χ2v) is 9.20. The van der Waals surface area contributed by atoms with Gasteiger partial charge in [-0.15, -0.1) is 0 Å². The lowest BCUT2D eigenvalue weighted by Gasteiger charge is -2.38. The Morgan fingerprint density at radius 3 is 2.57 bits per heavy atom. The molecular formula is C23H33ClN4O2. The summed E-state index contributed by atoms with van der Waals surface area (Å²) in [7, 11) is 0. The summed E-state index contributed by atoms with van der Waals surface area (Å²) in [5.74, 6) is 2.22. The van der Waals surface area contributed by atoms with E-state index in [1.165, 1.54) is 5.56 Å². The van der Waals surface area contributed by atoms with Crippen molar-refractivity contribution in [3.8, 4) is 0 Å². The number of benzene rings is 1. The van der Waals surface area contributed by atoms with Crippen molar-refractivity contribution in [3.63, 3.8) is 0 Å². The number of halogens is 1. The summed E-state index contributed by atoms with van der Waals surface area (Å²) in [4.78, 5) is 9.06. The van der Waals surface area contributed by atoms with Crippen molar-refractivity contribution in [3.05, 3.63) is 52.7 Å². The summed E-state index contributed by atoms with van der Waals surface area (Å²) < 4.78 is 11.5. The lowest BCUT2D eigenvalue weighted by Crippen LogP contribution is -2.48. The molecule has 1 saturated heterocycles. The number of oxazole rings is 1.